The van der Waals surface area contributed by atoms with Gasteiger partial charge in [0.2, 0.25) is 5.91 Å². The van der Waals surface area contributed by atoms with Gasteiger partial charge in [0.15, 0.2) is 0 Å². The maximum Gasteiger partial charge on any atom is 0.250 e. The van der Waals surface area contributed by atoms with Gasteiger partial charge < -0.3 is 14.8 Å². The van der Waals surface area contributed by atoms with Gasteiger partial charge in [-0.25, -0.2) is 0 Å². The molecule has 0 aliphatic carbocycles. The average molecular weight is 300 g/mol. The minimum atomic E-state index is -0.336. The van der Waals surface area contributed by atoms with Crippen LogP contribution in [0.4, 0.5) is 5.69 Å². The minimum Gasteiger partial charge on any atom is -0.494 e. The third kappa shape index (κ3) is 5.80. The minimum absolute atomic E-state index is 0.0208. The molecule has 0 aromatic heterocycles. The van der Waals surface area contributed by atoms with Crippen molar-refractivity contribution in [2.24, 2.45) is 0 Å². The number of nitrogens with one attached hydrogen (secondary N) is 1. The molecule has 0 saturated heterocycles. The zero-order chi connectivity index (χ0) is 15.2. The molecule has 1 aromatic carbocycles. The van der Waals surface area contributed by atoms with E-state index < -0.39 is 0 Å². The van der Waals surface area contributed by atoms with E-state index in [4.69, 9.17) is 21.1 Å². The number of benzene rings is 1. The van der Waals surface area contributed by atoms with Crippen molar-refractivity contribution < 1.29 is 14.3 Å². The second kappa shape index (κ2) is 7.50. The maximum atomic E-state index is 11.8. The van der Waals surface area contributed by atoms with Crippen molar-refractivity contribution in [3.63, 3.8) is 0 Å². The van der Waals surface area contributed by atoms with Gasteiger partial charge in [-0.3, -0.25) is 4.79 Å². The van der Waals surface area contributed by atoms with Crippen molar-refractivity contribution >= 4 is 23.2 Å². The Hall–Kier alpha value is -1.26. The number of anilines is 1. The van der Waals surface area contributed by atoms with Crippen LogP contribution >= 0.6 is 11.6 Å². The monoisotopic (exact) mass is 299 g/mol. The van der Waals surface area contributed by atoms with Crippen molar-refractivity contribution in [2.75, 3.05) is 18.5 Å². The van der Waals surface area contributed by atoms with Crippen LogP contribution in [-0.4, -0.2) is 24.7 Å². The highest BCUT2D eigenvalue weighted by Gasteiger charge is 2.13. The van der Waals surface area contributed by atoms with E-state index in [1.807, 2.05) is 33.8 Å². The quantitative estimate of drug-likeness (QED) is 0.817. The Kier molecular flexibility index (Phi) is 6.30. The lowest BCUT2D eigenvalue weighted by molar-refractivity contribution is -0.125. The molecule has 1 amide bonds. The number of alkyl halides is 1. The van der Waals surface area contributed by atoms with E-state index in [1.54, 1.807) is 12.1 Å². The molecule has 20 heavy (non-hydrogen) atoms. The fourth-order valence-corrected chi connectivity index (χ4v) is 1.75. The molecule has 5 heteroatoms. The number of hydrogen-bond donors (Lipinski definition) is 1. The first-order valence-corrected chi connectivity index (χ1v) is 7.14. The molecule has 0 aliphatic heterocycles. The second-order valence-corrected chi connectivity index (χ2v) is 5.61. The highest BCUT2D eigenvalue weighted by molar-refractivity contribution is 6.17. The first-order chi connectivity index (χ1) is 9.35. The van der Waals surface area contributed by atoms with Crippen LogP contribution in [0, 0.1) is 0 Å². The second-order valence-electron chi connectivity index (χ2n) is 5.34. The zero-order valence-electron chi connectivity index (χ0n) is 12.5. The summed E-state index contributed by atoms with van der Waals surface area (Å²) in [5.41, 5.74) is 1.20. The van der Waals surface area contributed by atoms with Gasteiger partial charge in [-0.1, -0.05) is 0 Å². The van der Waals surface area contributed by atoms with Crippen LogP contribution in [0.2, 0.25) is 0 Å². The van der Waals surface area contributed by atoms with Crippen molar-refractivity contribution in [1.29, 1.82) is 0 Å². The average Bonchev–Trinajstić information content (AvgIpc) is 2.37. The Morgan fingerprint density at radius 1 is 1.35 bits per heavy atom. The van der Waals surface area contributed by atoms with Crippen molar-refractivity contribution in [3.05, 3.63) is 23.8 Å². The molecule has 1 N–H and O–H groups in total. The van der Waals surface area contributed by atoms with Crippen LogP contribution in [-0.2, 0) is 15.4 Å². The molecular weight excluding hydrogens is 278 g/mol. The van der Waals surface area contributed by atoms with E-state index >= 15 is 0 Å². The smallest absolute Gasteiger partial charge is 0.250 e. The molecule has 0 atom stereocenters. The van der Waals surface area contributed by atoms with Crippen LogP contribution < -0.4 is 10.1 Å². The first-order valence-electron chi connectivity index (χ1n) is 6.61. The Morgan fingerprint density at radius 3 is 2.60 bits per heavy atom. The van der Waals surface area contributed by atoms with Crippen molar-refractivity contribution in [2.45, 2.75) is 39.2 Å². The van der Waals surface area contributed by atoms with Crippen LogP contribution in [0.25, 0.3) is 0 Å². The lowest BCUT2D eigenvalue weighted by Crippen LogP contribution is -2.27. The van der Waals surface area contributed by atoms with Crippen LogP contribution in [0.3, 0.4) is 0 Å². The lowest BCUT2D eigenvalue weighted by Gasteiger charge is -2.19. The summed E-state index contributed by atoms with van der Waals surface area (Å²) in [4.78, 5) is 11.8. The standard InChI is InChI=1S/C15H22ClNO3/c1-5-19-13-7-6-12(8-11(13)9-16)17-14(18)10-20-15(2,3)4/h6-8H,5,9-10H2,1-4H3,(H,17,18). The molecular formula is C15H22ClNO3. The predicted octanol–water partition coefficient (Wildman–Crippen LogP) is 3.58. The molecule has 0 bridgehead atoms. The summed E-state index contributed by atoms with van der Waals surface area (Å²) in [7, 11) is 0. The Balaban J connectivity index is 2.66. The van der Waals surface area contributed by atoms with Gasteiger partial charge >= 0.3 is 0 Å². The van der Waals surface area contributed by atoms with E-state index in [9.17, 15) is 4.79 Å². The lowest BCUT2D eigenvalue weighted by atomic mass is 10.2. The first kappa shape index (κ1) is 16.8. The van der Waals surface area contributed by atoms with Gasteiger partial charge in [0.25, 0.3) is 0 Å². The number of rotatable bonds is 6. The highest BCUT2D eigenvalue weighted by Crippen LogP contribution is 2.24. The number of ether oxygens (including phenoxy) is 2. The SMILES string of the molecule is CCOc1ccc(NC(=O)COC(C)(C)C)cc1CCl. The van der Waals surface area contributed by atoms with Crippen molar-refractivity contribution in [1.82, 2.24) is 0 Å². The largest absolute Gasteiger partial charge is 0.494 e. The summed E-state index contributed by atoms with van der Waals surface area (Å²) in [6, 6.07) is 5.41. The normalized spacial score (nSPS) is 11.2. The number of hydrogen-bond acceptors (Lipinski definition) is 3. The third-order valence-electron chi connectivity index (χ3n) is 2.42. The zero-order valence-corrected chi connectivity index (χ0v) is 13.2. The molecule has 0 unspecified atom stereocenters. The summed E-state index contributed by atoms with van der Waals surface area (Å²) >= 11 is 5.88. The van der Waals surface area contributed by atoms with Gasteiger partial charge in [0.05, 0.1) is 18.1 Å². The third-order valence-corrected chi connectivity index (χ3v) is 2.71. The maximum absolute atomic E-state index is 11.8. The van der Waals surface area contributed by atoms with Crippen LogP contribution in [0.5, 0.6) is 5.75 Å². The van der Waals surface area contributed by atoms with E-state index in [-0.39, 0.29) is 18.1 Å². The molecule has 1 aromatic rings. The molecule has 0 radical (unpaired) electrons. The fourth-order valence-electron chi connectivity index (χ4n) is 1.54. The summed E-state index contributed by atoms with van der Waals surface area (Å²) < 4.78 is 10.9. The Labute approximate surface area is 125 Å². The molecule has 1 rings (SSSR count). The number of carbonyl (C=O) groups excluding carboxylic acids is 1. The summed E-state index contributed by atoms with van der Waals surface area (Å²) in [5.74, 6) is 0.883. The van der Waals surface area contributed by atoms with E-state index in [0.717, 1.165) is 11.3 Å². The molecule has 4 nitrogen and oxygen atoms in total. The summed E-state index contributed by atoms with van der Waals surface area (Å²) in [5, 5.41) is 2.78. The Morgan fingerprint density at radius 2 is 2.05 bits per heavy atom. The topological polar surface area (TPSA) is 47.6 Å². The van der Waals surface area contributed by atoms with Gasteiger partial charge in [0, 0.05) is 11.3 Å². The molecule has 0 heterocycles. The van der Waals surface area contributed by atoms with E-state index in [2.05, 4.69) is 5.32 Å². The van der Waals surface area contributed by atoms with Gasteiger partial charge in [0.1, 0.15) is 12.4 Å². The molecule has 0 aliphatic rings. The van der Waals surface area contributed by atoms with Crippen LogP contribution in [0.15, 0.2) is 18.2 Å². The molecule has 0 fully saturated rings. The van der Waals surface area contributed by atoms with Gasteiger partial charge in [-0.05, 0) is 45.9 Å². The predicted molar refractivity (Wildman–Crippen MR) is 81.5 cm³/mol. The van der Waals surface area contributed by atoms with Crippen LogP contribution in [0.1, 0.15) is 33.3 Å². The van der Waals surface area contributed by atoms with Crippen molar-refractivity contribution in [3.8, 4) is 5.75 Å². The molecule has 112 valence electrons. The number of amides is 1. The molecule has 0 spiro atoms. The van der Waals surface area contributed by atoms with E-state index in [1.165, 1.54) is 0 Å². The van der Waals surface area contributed by atoms with Gasteiger partial charge in [-0.2, -0.15) is 0 Å². The van der Waals surface area contributed by atoms with Gasteiger partial charge in [-0.15, -0.1) is 11.6 Å². The fraction of sp³-hybridized carbons (Fsp3) is 0.533. The number of halogens is 1. The number of carbonyl (C=O) groups is 1. The highest BCUT2D eigenvalue weighted by atomic mass is 35.5. The Bertz CT molecular complexity index is 455. The van der Waals surface area contributed by atoms with E-state index in [0.29, 0.717) is 18.2 Å². The summed E-state index contributed by atoms with van der Waals surface area (Å²) in [6.45, 7) is 8.23. The summed E-state index contributed by atoms with van der Waals surface area (Å²) in [6.07, 6.45) is 0. The molecule has 0 saturated carbocycles.